The van der Waals surface area contributed by atoms with E-state index in [-0.39, 0.29) is 12.1 Å². The van der Waals surface area contributed by atoms with Gasteiger partial charge < -0.3 is 19.6 Å². The lowest BCUT2D eigenvalue weighted by atomic mass is 9.90. The summed E-state index contributed by atoms with van der Waals surface area (Å²) in [6.45, 7) is 6.11. The molecule has 0 bridgehead atoms. The molecular weight excluding hydrogens is 348 g/mol. The Balaban J connectivity index is 2.13. The molecule has 1 fully saturated rings. The first-order valence-corrected chi connectivity index (χ1v) is 9.69. The maximum Gasteiger partial charge on any atom is 0.435 e. The van der Waals surface area contributed by atoms with Gasteiger partial charge in [-0.15, -0.1) is 0 Å². The summed E-state index contributed by atoms with van der Waals surface area (Å²) in [7, 11) is 0. The van der Waals surface area contributed by atoms with E-state index in [0.717, 1.165) is 43.5 Å². The van der Waals surface area contributed by atoms with E-state index in [1.165, 1.54) is 0 Å². The molecule has 0 spiro atoms. The van der Waals surface area contributed by atoms with Gasteiger partial charge in [0.25, 0.3) is 0 Å². The predicted molar refractivity (Wildman–Crippen MR) is 99.7 cm³/mol. The molecular formula is C19H28N4O4. The van der Waals surface area contributed by atoms with E-state index in [2.05, 4.69) is 22.0 Å². The molecule has 1 saturated heterocycles. The fourth-order valence-electron chi connectivity index (χ4n) is 3.57. The highest BCUT2D eigenvalue weighted by atomic mass is 16.5. The zero-order valence-corrected chi connectivity index (χ0v) is 16.1. The first-order valence-electron chi connectivity index (χ1n) is 9.69. The second kappa shape index (κ2) is 8.56. The van der Waals surface area contributed by atoms with Crippen LogP contribution in [0, 0.1) is 0 Å². The van der Waals surface area contributed by atoms with Gasteiger partial charge in [-0.25, -0.2) is 9.78 Å². The van der Waals surface area contributed by atoms with Gasteiger partial charge in [0.05, 0.1) is 6.61 Å². The third-order valence-electron chi connectivity index (χ3n) is 5.08. The van der Waals surface area contributed by atoms with E-state index in [9.17, 15) is 10.0 Å². The lowest BCUT2D eigenvalue weighted by Gasteiger charge is -2.37. The molecule has 1 aromatic rings. The third-order valence-corrected chi connectivity index (χ3v) is 5.08. The Morgan fingerprint density at radius 2 is 2.26 bits per heavy atom. The minimum absolute atomic E-state index is 0.102. The highest BCUT2D eigenvalue weighted by Gasteiger charge is 2.38. The summed E-state index contributed by atoms with van der Waals surface area (Å²) in [5.41, 5.74) is -0.585. The van der Waals surface area contributed by atoms with Crippen molar-refractivity contribution in [3.05, 3.63) is 29.5 Å². The molecule has 0 radical (unpaired) electrons. The predicted octanol–water partition coefficient (Wildman–Crippen LogP) is 2.75. The fourth-order valence-corrected chi connectivity index (χ4v) is 3.57. The van der Waals surface area contributed by atoms with Crippen LogP contribution in [0.25, 0.3) is 0 Å². The van der Waals surface area contributed by atoms with E-state index in [0.29, 0.717) is 24.7 Å². The molecule has 3 heterocycles. The molecule has 8 nitrogen and oxygen atoms in total. The van der Waals surface area contributed by atoms with Gasteiger partial charge in [-0.3, -0.25) is 0 Å². The molecule has 1 atom stereocenters. The van der Waals surface area contributed by atoms with Crippen LogP contribution in [0.15, 0.2) is 23.2 Å². The molecule has 1 unspecified atom stereocenters. The topological polar surface area (TPSA) is 89.2 Å². The number of carbonyl (C=O) groups is 1. The first kappa shape index (κ1) is 19.4. The average Bonchev–Trinajstić information content (AvgIpc) is 2.71. The summed E-state index contributed by atoms with van der Waals surface area (Å²) < 4.78 is 11.9. The number of amides is 1. The summed E-state index contributed by atoms with van der Waals surface area (Å²) in [5.74, 6) is 1.06. The minimum atomic E-state index is -0.739. The fraction of sp³-hybridized carbons (Fsp3) is 0.632. The summed E-state index contributed by atoms with van der Waals surface area (Å²) in [6, 6.07) is 1.62. The Morgan fingerprint density at radius 3 is 2.89 bits per heavy atom. The first-order chi connectivity index (χ1) is 13.1. The largest absolute Gasteiger partial charge is 0.448 e. The SMILES string of the molecule is CCOC(=O)N=c1cc(N2CC=CCC2)nc(C2(CC)CCCCO2)n1O. The maximum atomic E-state index is 11.9. The van der Waals surface area contributed by atoms with E-state index < -0.39 is 11.7 Å². The van der Waals surface area contributed by atoms with E-state index in [1.54, 1.807) is 13.0 Å². The zero-order chi connectivity index (χ0) is 19.3. The average molecular weight is 376 g/mol. The van der Waals surface area contributed by atoms with Crippen LogP contribution in [0.1, 0.15) is 51.8 Å². The van der Waals surface area contributed by atoms with Crippen molar-refractivity contribution in [1.29, 1.82) is 0 Å². The number of hydrogen-bond acceptors (Lipinski definition) is 6. The zero-order valence-electron chi connectivity index (χ0n) is 16.1. The van der Waals surface area contributed by atoms with Crippen molar-refractivity contribution in [2.24, 2.45) is 4.99 Å². The Kier molecular flexibility index (Phi) is 6.15. The summed E-state index contributed by atoms with van der Waals surface area (Å²) in [5, 5.41) is 10.8. The van der Waals surface area contributed by atoms with Gasteiger partial charge in [0, 0.05) is 25.8 Å². The summed E-state index contributed by atoms with van der Waals surface area (Å²) in [4.78, 5) is 22.7. The molecule has 27 heavy (non-hydrogen) atoms. The molecule has 0 aliphatic carbocycles. The second-order valence-electron chi connectivity index (χ2n) is 6.78. The number of anilines is 1. The molecule has 2 aliphatic heterocycles. The number of aromatic nitrogens is 2. The Labute approximate surface area is 159 Å². The quantitative estimate of drug-likeness (QED) is 0.642. The van der Waals surface area contributed by atoms with Gasteiger partial charge >= 0.3 is 6.09 Å². The van der Waals surface area contributed by atoms with Crippen LogP contribution in [-0.2, 0) is 15.1 Å². The smallest absolute Gasteiger partial charge is 0.435 e. The van der Waals surface area contributed by atoms with Crippen LogP contribution in [0.3, 0.4) is 0 Å². The van der Waals surface area contributed by atoms with Gasteiger partial charge in [0.2, 0.25) is 0 Å². The third kappa shape index (κ3) is 4.16. The van der Waals surface area contributed by atoms with Crippen LogP contribution < -0.4 is 10.4 Å². The highest BCUT2D eigenvalue weighted by molar-refractivity contribution is 5.68. The van der Waals surface area contributed by atoms with Crippen LogP contribution >= 0.6 is 0 Å². The van der Waals surface area contributed by atoms with Gasteiger partial charge in [-0.1, -0.05) is 19.1 Å². The van der Waals surface area contributed by atoms with E-state index in [1.807, 2.05) is 6.92 Å². The van der Waals surface area contributed by atoms with Crippen molar-refractivity contribution >= 4 is 11.9 Å². The summed E-state index contributed by atoms with van der Waals surface area (Å²) >= 11 is 0. The van der Waals surface area contributed by atoms with Crippen LogP contribution in [-0.4, -0.2) is 47.3 Å². The molecule has 1 N–H and O–H groups in total. The van der Waals surface area contributed by atoms with Gasteiger partial charge in [-0.2, -0.15) is 9.72 Å². The maximum absolute atomic E-state index is 11.9. The highest BCUT2D eigenvalue weighted by Crippen LogP contribution is 2.37. The van der Waals surface area contributed by atoms with Crippen molar-refractivity contribution in [2.75, 3.05) is 31.2 Å². The molecule has 3 rings (SSSR count). The molecule has 1 aromatic heterocycles. The van der Waals surface area contributed by atoms with Gasteiger partial charge in [0.15, 0.2) is 11.3 Å². The van der Waals surface area contributed by atoms with Crippen molar-refractivity contribution in [2.45, 2.75) is 51.6 Å². The monoisotopic (exact) mass is 376 g/mol. The Morgan fingerprint density at radius 1 is 1.41 bits per heavy atom. The number of carbonyl (C=O) groups excluding carboxylic acids is 1. The normalized spacial score (nSPS) is 23.5. The lowest BCUT2D eigenvalue weighted by molar-refractivity contribution is -0.103. The molecule has 148 valence electrons. The van der Waals surface area contributed by atoms with Crippen LogP contribution in [0.5, 0.6) is 0 Å². The van der Waals surface area contributed by atoms with Crippen LogP contribution in [0.2, 0.25) is 0 Å². The van der Waals surface area contributed by atoms with Crippen molar-refractivity contribution in [3.63, 3.8) is 0 Å². The molecule has 2 aliphatic rings. The number of ether oxygens (including phenoxy) is 2. The van der Waals surface area contributed by atoms with E-state index >= 15 is 0 Å². The minimum Gasteiger partial charge on any atom is -0.448 e. The molecule has 8 heteroatoms. The second-order valence-corrected chi connectivity index (χ2v) is 6.78. The molecule has 0 saturated carbocycles. The Bertz CT molecular complexity index is 765. The number of nitrogens with zero attached hydrogens (tertiary/aromatic N) is 4. The van der Waals surface area contributed by atoms with Crippen LogP contribution in [0.4, 0.5) is 10.6 Å². The van der Waals surface area contributed by atoms with Crippen molar-refractivity contribution < 1.29 is 19.5 Å². The molecule has 1 amide bonds. The number of hydrogen-bond donors (Lipinski definition) is 1. The van der Waals surface area contributed by atoms with Crippen molar-refractivity contribution in [3.8, 4) is 0 Å². The standard InChI is InChI=1S/C19H28N4O4/c1-3-19(10-6-9-13-27-19)17-20-15(22-11-7-5-8-12-22)14-16(23(17)25)21-18(24)26-4-2/h5,7,14,25H,3-4,6,8-13H2,1-2H3. The van der Waals surface area contributed by atoms with Gasteiger partial charge in [0.1, 0.15) is 11.4 Å². The summed E-state index contributed by atoms with van der Waals surface area (Å²) in [6.07, 6.45) is 7.82. The van der Waals surface area contributed by atoms with Crippen molar-refractivity contribution in [1.82, 2.24) is 9.71 Å². The number of rotatable bonds is 4. The Hall–Kier alpha value is -2.35. The lowest BCUT2D eigenvalue weighted by Crippen LogP contribution is -2.41. The van der Waals surface area contributed by atoms with Gasteiger partial charge in [-0.05, 0) is 39.0 Å². The van der Waals surface area contributed by atoms with E-state index in [4.69, 9.17) is 14.5 Å². The molecule has 0 aromatic carbocycles.